The van der Waals surface area contributed by atoms with Crippen LogP contribution < -0.4 is 16.0 Å². The van der Waals surface area contributed by atoms with Crippen LogP contribution in [-0.2, 0) is 14.3 Å². The first-order valence-corrected chi connectivity index (χ1v) is 9.15. The molecule has 0 bridgehead atoms. The van der Waals surface area contributed by atoms with Gasteiger partial charge in [0.2, 0.25) is 11.8 Å². The molecule has 29 heavy (non-hydrogen) atoms. The highest BCUT2D eigenvalue weighted by Crippen LogP contribution is 2.10. The van der Waals surface area contributed by atoms with Crippen LogP contribution in [0.1, 0.15) is 40.7 Å². The molecule has 3 N–H and O–H groups in total. The Morgan fingerprint density at radius 1 is 0.966 bits per heavy atom. The number of nitrogens with one attached hydrogen (secondary N) is 3. The average molecular weight is 401 g/mol. The summed E-state index contributed by atoms with van der Waals surface area (Å²) in [5, 5.41) is 7.36. The normalized spacial score (nSPS) is 10.1. The van der Waals surface area contributed by atoms with E-state index in [1.807, 2.05) is 6.92 Å². The van der Waals surface area contributed by atoms with E-state index in [0.29, 0.717) is 17.9 Å². The maximum absolute atomic E-state index is 11.9. The zero-order valence-electron chi connectivity index (χ0n) is 16.0. The number of esters is 1. The summed E-state index contributed by atoms with van der Waals surface area (Å²) in [5.74, 6) is -1.82. The molecule has 0 fully saturated rings. The lowest BCUT2D eigenvalue weighted by Crippen LogP contribution is -2.40. The minimum atomic E-state index is -0.525. The van der Waals surface area contributed by atoms with Gasteiger partial charge < -0.3 is 25.1 Å². The zero-order chi connectivity index (χ0) is 21.1. The Morgan fingerprint density at radius 3 is 2.34 bits per heavy atom. The van der Waals surface area contributed by atoms with Crippen molar-refractivity contribution in [3.8, 4) is 0 Å². The van der Waals surface area contributed by atoms with Crippen LogP contribution in [0, 0.1) is 0 Å². The van der Waals surface area contributed by atoms with Crippen LogP contribution >= 0.6 is 0 Å². The summed E-state index contributed by atoms with van der Waals surface area (Å²) >= 11 is 0. The Kier molecular flexibility index (Phi) is 8.43. The van der Waals surface area contributed by atoms with Crippen molar-refractivity contribution in [3.05, 3.63) is 54.0 Å². The second-order valence-electron chi connectivity index (χ2n) is 6.05. The molecule has 0 atom stereocenters. The summed E-state index contributed by atoms with van der Waals surface area (Å²) in [7, 11) is 0. The largest absolute Gasteiger partial charge is 0.462 e. The summed E-state index contributed by atoms with van der Waals surface area (Å²) in [6, 6.07) is 9.26. The molecule has 0 aliphatic rings. The van der Waals surface area contributed by atoms with Gasteiger partial charge in [-0.3, -0.25) is 14.4 Å². The van der Waals surface area contributed by atoms with Gasteiger partial charge in [0.25, 0.3) is 5.91 Å². The molecule has 0 saturated carbocycles. The van der Waals surface area contributed by atoms with Gasteiger partial charge in [-0.25, -0.2) is 4.79 Å². The van der Waals surface area contributed by atoms with Crippen molar-refractivity contribution >= 4 is 29.4 Å². The quantitative estimate of drug-likeness (QED) is 0.411. The zero-order valence-corrected chi connectivity index (χ0v) is 16.0. The fraction of sp³-hybridized carbons (Fsp3) is 0.300. The first-order valence-electron chi connectivity index (χ1n) is 9.15. The average Bonchev–Trinajstić information content (AvgIpc) is 3.26. The molecule has 154 valence electrons. The molecule has 0 aliphatic carbocycles. The predicted octanol–water partition coefficient (Wildman–Crippen LogP) is 1.72. The standard InChI is InChI=1S/C20H23N3O6/c1-2-3-10-29-20(27)14-6-8-15(9-7-14)23-18(25)13-21-17(24)12-22-19(26)16-5-4-11-28-16/h4-9,11H,2-3,10,12-13H2,1H3,(H,21,24)(H,22,26)(H,23,25). The van der Waals surface area contributed by atoms with Crippen molar-refractivity contribution < 1.29 is 28.3 Å². The summed E-state index contributed by atoms with van der Waals surface area (Å²) in [4.78, 5) is 47.1. The van der Waals surface area contributed by atoms with Crippen molar-refractivity contribution in [2.24, 2.45) is 0 Å². The number of rotatable bonds is 10. The third-order valence-corrected chi connectivity index (χ3v) is 3.74. The Morgan fingerprint density at radius 2 is 1.69 bits per heavy atom. The topological polar surface area (TPSA) is 127 Å². The monoisotopic (exact) mass is 401 g/mol. The van der Waals surface area contributed by atoms with Crippen LogP contribution in [0.4, 0.5) is 5.69 Å². The van der Waals surface area contributed by atoms with E-state index in [1.165, 1.54) is 12.3 Å². The fourth-order valence-corrected chi connectivity index (χ4v) is 2.18. The number of hydrogen-bond acceptors (Lipinski definition) is 6. The molecule has 2 aromatic rings. The van der Waals surface area contributed by atoms with Crippen molar-refractivity contribution in [1.29, 1.82) is 0 Å². The van der Waals surface area contributed by atoms with E-state index in [4.69, 9.17) is 9.15 Å². The number of furan rings is 1. The Bertz CT molecular complexity index is 830. The lowest BCUT2D eigenvalue weighted by molar-refractivity contribution is -0.123. The smallest absolute Gasteiger partial charge is 0.338 e. The maximum atomic E-state index is 11.9. The Labute approximate surface area is 167 Å². The van der Waals surface area contributed by atoms with E-state index in [0.717, 1.165) is 12.8 Å². The fourth-order valence-electron chi connectivity index (χ4n) is 2.18. The van der Waals surface area contributed by atoms with Crippen LogP contribution in [0.25, 0.3) is 0 Å². The molecule has 0 unspecified atom stereocenters. The van der Waals surface area contributed by atoms with E-state index in [2.05, 4.69) is 16.0 Å². The number of hydrogen-bond donors (Lipinski definition) is 3. The molecule has 0 spiro atoms. The van der Waals surface area contributed by atoms with Gasteiger partial charge in [-0.05, 0) is 42.8 Å². The Hall–Kier alpha value is -3.62. The summed E-state index contributed by atoms with van der Waals surface area (Å²) in [6.07, 6.45) is 3.09. The molecule has 3 amide bonds. The number of carbonyl (C=O) groups excluding carboxylic acids is 4. The highest BCUT2D eigenvalue weighted by Gasteiger charge is 2.11. The maximum Gasteiger partial charge on any atom is 0.338 e. The minimum Gasteiger partial charge on any atom is -0.462 e. The van der Waals surface area contributed by atoms with Gasteiger partial charge >= 0.3 is 5.97 Å². The molecule has 0 aliphatic heterocycles. The van der Waals surface area contributed by atoms with Gasteiger partial charge in [-0.15, -0.1) is 0 Å². The lowest BCUT2D eigenvalue weighted by Gasteiger charge is -2.08. The van der Waals surface area contributed by atoms with Gasteiger partial charge in [0, 0.05) is 5.69 Å². The van der Waals surface area contributed by atoms with Crippen molar-refractivity contribution in [2.45, 2.75) is 19.8 Å². The molecular formula is C20H23N3O6. The minimum absolute atomic E-state index is 0.0910. The highest BCUT2D eigenvalue weighted by molar-refractivity contribution is 5.97. The molecular weight excluding hydrogens is 378 g/mol. The van der Waals surface area contributed by atoms with Crippen LogP contribution in [-0.4, -0.2) is 43.4 Å². The first-order chi connectivity index (χ1) is 14.0. The van der Waals surface area contributed by atoms with Crippen LogP contribution in [0.3, 0.4) is 0 Å². The highest BCUT2D eigenvalue weighted by atomic mass is 16.5. The van der Waals surface area contributed by atoms with Crippen LogP contribution in [0.5, 0.6) is 0 Å². The van der Waals surface area contributed by atoms with E-state index in [9.17, 15) is 19.2 Å². The van der Waals surface area contributed by atoms with E-state index in [-0.39, 0.29) is 18.8 Å². The van der Waals surface area contributed by atoms with E-state index in [1.54, 1.807) is 30.3 Å². The van der Waals surface area contributed by atoms with Crippen molar-refractivity contribution in [2.75, 3.05) is 25.0 Å². The second-order valence-corrected chi connectivity index (χ2v) is 6.05. The van der Waals surface area contributed by atoms with Gasteiger partial charge in [-0.1, -0.05) is 13.3 Å². The third kappa shape index (κ3) is 7.49. The molecule has 2 rings (SSSR count). The number of benzene rings is 1. The lowest BCUT2D eigenvalue weighted by atomic mass is 10.2. The van der Waals surface area contributed by atoms with Crippen molar-refractivity contribution in [3.63, 3.8) is 0 Å². The van der Waals surface area contributed by atoms with Gasteiger partial charge in [0.05, 0.1) is 31.5 Å². The number of unbranched alkanes of at least 4 members (excludes halogenated alkanes) is 1. The van der Waals surface area contributed by atoms with Crippen molar-refractivity contribution in [1.82, 2.24) is 10.6 Å². The number of amides is 3. The molecule has 0 radical (unpaired) electrons. The summed E-state index contributed by atoms with van der Waals surface area (Å²) in [5.41, 5.74) is 0.861. The first kappa shape index (κ1) is 21.7. The molecule has 9 heteroatoms. The number of carbonyl (C=O) groups is 4. The van der Waals surface area contributed by atoms with Crippen LogP contribution in [0.15, 0.2) is 47.1 Å². The van der Waals surface area contributed by atoms with Gasteiger partial charge in [-0.2, -0.15) is 0 Å². The Balaban J connectivity index is 1.69. The summed E-state index contributed by atoms with van der Waals surface area (Å²) < 4.78 is 10.0. The number of anilines is 1. The SMILES string of the molecule is CCCCOC(=O)c1ccc(NC(=O)CNC(=O)CNC(=O)c2ccco2)cc1. The van der Waals surface area contributed by atoms with Gasteiger partial charge in [0.1, 0.15) is 0 Å². The molecule has 1 aromatic carbocycles. The van der Waals surface area contributed by atoms with E-state index >= 15 is 0 Å². The summed E-state index contributed by atoms with van der Waals surface area (Å²) in [6.45, 7) is 1.82. The molecule has 1 aromatic heterocycles. The molecule has 1 heterocycles. The van der Waals surface area contributed by atoms with E-state index < -0.39 is 23.7 Å². The third-order valence-electron chi connectivity index (χ3n) is 3.74. The van der Waals surface area contributed by atoms with Crippen LogP contribution in [0.2, 0.25) is 0 Å². The molecule has 9 nitrogen and oxygen atoms in total. The second kappa shape index (κ2) is 11.3. The number of ether oxygens (including phenoxy) is 1. The van der Waals surface area contributed by atoms with Gasteiger partial charge in [0.15, 0.2) is 5.76 Å². The molecule has 0 saturated heterocycles. The predicted molar refractivity (Wildman–Crippen MR) is 104 cm³/mol.